The highest BCUT2D eigenvalue weighted by molar-refractivity contribution is 6.50. The maximum atomic E-state index is 5.50. The maximum absolute atomic E-state index is 5.50. The monoisotopic (exact) mass is 146 g/mol. The average Bonchev–Trinajstić information content (AvgIpc) is 1.79. The van der Waals surface area contributed by atoms with E-state index in [1.807, 2.05) is 0 Å². The lowest BCUT2D eigenvalue weighted by atomic mass is 10.5. The summed E-state index contributed by atoms with van der Waals surface area (Å²) in [5, 5.41) is 0. The van der Waals surface area contributed by atoms with E-state index in [0.29, 0.717) is 0 Å². The Morgan fingerprint density at radius 3 is 3.00 bits per heavy atom. The summed E-state index contributed by atoms with van der Waals surface area (Å²) in [6.45, 7) is 4.83. The second-order valence-electron chi connectivity index (χ2n) is 2.44. The lowest BCUT2D eigenvalue weighted by Crippen LogP contribution is -2.20. The Labute approximate surface area is 57.9 Å². The fourth-order valence-electron chi connectivity index (χ4n) is 0.966. The highest BCUT2D eigenvalue weighted by Crippen LogP contribution is 2.02. The molecule has 0 aliphatic carbocycles. The third kappa shape index (κ3) is 2.98. The van der Waals surface area contributed by atoms with Gasteiger partial charge in [0, 0.05) is 6.61 Å². The Morgan fingerprint density at radius 1 is 1.22 bits per heavy atom. The topological polar surface area (TPSA) is 18.5 Å². The van der Waals surface area contributed by atoms with Crippen molar-refractivity contribution in [2.75, 3.05) is 19.8 Å². The molecular weight excluding hydrogens is 132 g/mol. The summed E-state index contributed by atoms with van der Waals surface area (Å²) in [7, 11) is -0.749. The quantitative estimate of drug-likeness (QED) is 0.470. The molecule has 3 heteroatoms. The van der Waals surface area contributed by atoms with Gasteiger partial charge in [-0.15, -0.1) is 0 Å². The molecule has 1 fully saturated rings. The molecule has 0 aromatic rings. The van der Waals surface area contributed by atoms with Gasteiger partial charge in [-0.3, -0.25) is 0 Å². The van der Waals surface area contributed by atoms with E-state index in [4.69, 9.17) is 9.16 Å². The van der Waals surface area contributed by atoms with E-state index < -0.39 is 9.04 Å². The van der Waals surface area contributed by atoms with Crippen LogP contribution in [-0.2, 0) is 9.16 Å². The minimum absolute atomic E-state index is 0.749. The summed E-state index contributed by atoms with van der Waals surface area (Å²) in [5.74, 6) is 0. The number of ether oxygens (including phenoxy) is 1. The molecule has 0 N–H and O–H groups in total. The number of hydrogen-bond acceptors (Lipinski definition) is 2. The van der Waals surface area contributed by atoms with Crippen LogP contribution in [0.2, 0.25) is 12.6 Å². The van der Waals surface area contributed by atoms with Crippen LogP contribution in [0.5, 0.6) is 0 Å². The van der Waals surface area contributed by atoms with Crippen LogP contribution in [0.25, 0.3) is 0 Å². The van der Waals surface area contributed by atoms with Crippen molar-refractivity contribution in [3.05, 3.63) is 0 Å². The van der Waals surface area contributed by atoms with Crippen molar-refractivity contribution in [2.45, 2.75) is 19.0 Å². The minimum Gasteiger partial charge on any atom is -0.418 e. The van der Waals surface area contributed by atoms with Gasteiger partial charge in [0.15, 0.2) is 9.04 Å². The predicted molar refractivity (Wildman–Crippen MR) is 39.2 cm³/mol. The van der Waals surface area contributed by atoms with E-state index in [-0.39, 0.29) is 0 Å². The zero-order chi connectivity index (χ0) is 6.53. The molecule has 0 bridgehead atoms. The summed E-state index contributed by atoms with van der Waals surface area (Å²) >= 11 is 0. The molecular formula is C6H14O2Si. The molecule has 1 saturated heterocycles. The zero-order valence-electron chi connectivity index (χ0n) is 5.93. The van der Waals surface area contributed by atoms with Gasteiger partial charge < -0.3 is 9.16 Å². The van der Waals surface area contributed by atoms with E-state index in [0.717, 1.165) is 19.8 Å². The largest absolute Gasteiger partial charge is 0.418 e. The first-order valence-electron chi connectivity index (χ1n) is 3.59. The normalized spacial score (nSPS) is 31.0. The number of hydrogen-bond donors (Lipinski definition) is 0. The molecule has 1 aliphatic rings. The molecule has 1 atom stereocenters. The fraction of sp³-hybridized carbons (Fsp3) is 1.00. The first-order chi connectivity index (χ1) is 4.39. The van der Waals surface area contributed by atoms with Gasteiger partial charge >= 0.3 is 0 Å². The molecule has 1 unspecified atom stereocenters. The van der Waals surface area contributed by atoms with Gasteiger partial charge in [-0.2, -0.15) is 0 Å². The van der Waals surface area contributed by atoms with Gasteiger partial charge in [0.2, 0.25) is 0 Å². The molecule has 0 saturated carbocycles. The molecule has 0 aromatic heterocycles. The molecule has 9 heavy (non-hydrogen) atoms. The van der Waals surface area contributed by atoms with Gasteiger partial charge in [-0.05, 0) is 19.0 Å². The summed E-state index contributed by atoms with van der Waals surface area (Å²) < 4.78 is 10.7. The van der Waals surface area contributed by atoms with Crippen molar-refractivity contribution < 1.29 is 9.16 Å². The molecule has 1 rings (SSSR count). The van der Waals surface area contributed by atoms with Crippen molar-refractivity contribution in [3.63, 3.8) is 0 Å². The highest BCUT2D eigenvalue weighted by atomic mass is 28.3. The summed E-state index contributed by atoms with van der Waals surface area (Å²) in [6, 6.07) is 1.28. The van der Waals surface area contributed by atoms with Crippen molar-refractivity contribution in [2.24, 2.45) is 0 Å². The van der Waals surface area contributed by atoms with Gasteiger partial charge in [-0.1, -0.05) is 0 Å². The van der Waals surface area contributed by atoms with Crippen LogP contribution < -0.4 is 0 Å². The maximum Gasteiger partial charge on any atom is 0.174 e. The van der Waals surface area contributed by atoms with Crippen LogP contribution in [-0.4, -0.2) is 28.9 Å². The average molecular weight is 146 g/mol. The van der Waals surface area contributed by atoms with Gasteiger partial charge in [-0.25, -0.2) is 0 Å². The fourth-order valence-corrected chi connectivity index (χ4v) is 2.37. The molecule has 2 nitrogen and oxygen atoms in total. The van der Waals surface area contributed by atoms with Crippen LogP contribution >= 0.6 is 0 Å². The van der Waals surface area contributed by atoms with Crippen LogP contribution in [0.1, 0.15) is 6.42 Å². The smallest absolute Gasteiger partial charge is 0.174 e. The standard InChI is InChI=1S/C6H14O2Si/c1-9-6-2-3-7-4-5-8-9/h9H,2-6H2,1H3. The van der Waals surface area contributed by atoms with E-state index >= 15 is 0 Å². The molecule has 1 aliphatic heterocycles. The van der Waals surface area contributed by atoms with E-state index in [1.165, 1.54) is 12.5 Å². The van der Waals surface area contributed by atoms with Gasteiger partial charge in [0.05, 0.1) is 13.2 Å². The summed E-state index contributed by atoms with van der Waals surface area (Å²) in [4.78, 5) is 0. The highest BCUT2D eigenvalue weighted by Gasteiger charge is 2.06. The second kappa shape index (κ2) is 4.03. The second-order valence-corrected chi connectivity index (χ2v) is 4.97. The summed E-state index contributed by atoms with van der Waals surface area (Å²) in [6.07, 6.45) is 1.20. The van der Waals surface area contributed by atoms with Gasteiger partial charge in [0.1, 0.15) is 0 Å². The Bertz CT molecular complexity index is 69.5. The van der Waals surface area contributed by atoms with Crippen molar-refractivity contribution in [3.8, 4) is 0 Å². The Hall–Kier alpha value is 0.137. The number of rotatable bonds is 0. The minimum atomic E-state index is -0.749. The van der Waals surface area contributed by atoms with Crippen molar-refractivity contribution in [1.29, 1.82) is 0 Å². The summed E-state index contributed by atoms with van der Waals surface area (Å²) in [5.41, 5.74) is 0. The molecule has 0 aromatic carbocycles. The zero-order valence-corrected chi connectivity index (χ0v) is 7.08. The third-order valence-corrected chi connectivity index (χ3v) is 3.56. The van der Waals surface area contributed by atoms with E-state index in [2.05, 4.69) is 6.55 Å². The molecule has 0 radical (unpaired) electrons. The molecule has 54 valence electrons. The SMILES string of the molecule is C[SiH]1CCCOCCO1. The lowest BCUT2D eigenvalue weighted by molar-refractivity contribution is 0.0908. The third-order valence-electron chi connectivity index (χ3n) is 1.53. The van der Waals surface area contributed by atoms with Gasteiger partial charge in [0.25, 0.3) is 0 Å². The Balaban J connectivity index is 2.12. The molecule has 1 heterocycles. The van der Waals surface area contributed by atoms with Crippen molar-refractivity contribution in [1.82, 2.24) is 0 Å². The molecule has 0 spiro atoms. The lowest BCUT2D eigenvalue weighted by Gasteiger charge is -2.15. The van der Waals surface area contributed by atoms with Crippen LogP contribution in [0.4, 0.5) is 0 Å². The van der Waals surface area contributed by atoms with Crippen LogP contribution in [0.3, 0.4) is 0 Å². The first kappa shape index (κ1) is 7.25. The molecule has 0 amide bonds. The predicted octanol–water partition coefficient (Wildman–Crippen LogP) is 0.777. The van der Waals surface area contributed by atoms with E-state index in [1.54, 1.807) is 0 Å². The first-order valence-corrected chi connectivity index (χ1v) is 6.03. The van der Waals surface area contributed by atoms with Crippen molar-refractivity contribution >= 4 is 9.04 Å². The van der Waals surface area contributed by atoms with Crippen LogP contribution in [0, 0.1) is 0 Å². The Morgan fingerprint density at radius 2 is 2.11 bits per heavy atom. The Kier molecular flexibility index (Phi) is 3.25. The van der Waals surface area contributed by atoms with Crippen LogP contribution in [0.15, 0.2) is 0 Å². The van der Waals surface area contributed by atoms with E-state index in [9.17, 15) is 0 Å².